The van der Waals surface area contributed by atoms with Crippen LogP contribution in [0.25, 0.3) is 0 Å². The normalized spacial score (nSPS) is 10.2. The summed E-state index contributed by atoms with van der Waals surface area (Å²) < 4.78 is 0. The second-order valence-corrected chi connectivity index (χ2v) is 4.39. The number of amides is 1. The van der Waals surface area contributed by atoms with Crippen LogP contribution in [0.4, 0.5) is 11.5 Å². The van der Waals surface area contributed by atoms with E-state index in [9.17, 15) is 14.9 Å². The molecule has 110 valence electrons. The second kappa shape index (κ2) is 7.64. The Morgan fingerprint density at radius 1 is 1.45 bits per heavy atom. The average molecular weight is 301 g/mol. The van der Waals surface area contributed by atoms with E-state index in [0.717, 1.165) is 0 Å². The highest BCUT2D eigenvalue weighted by atomic mass is 35.5. The molecule has 0 aliphatic heterocycles. The number of hydrogen-bond acceptors (Lipinski definition) is 5. The van der Waals surface area contributed by atoms with E-state index in [1.807, 2.05) is 13.8 Å². The zero-order valence-corrected chi connectivity index (χ0v) is 12.2. The molecule has 0 aliphatic carbocycles. The van der Waals surface area contributed by atoms with Crippen LogP contribution in [0.2, 0.25) is 5.15 Å². The number of carbonyl (C=O) groups is 1. The molecular formula is C12H17ClN4O3. The third-order valence-corrected chi connectivity index (χ3v) is 2.99. The van der Waals surface area contributed by atoms with E-state index < -0.39 is 4.92 Å². The molecule has 0 fully saturated rings. The van der Waals surface area contributed by atoms with Crippen LogP contribution in [-0.2, 0) is 4.79 Å². The van der Waals surface area contributed by atoms with Crippen molar-refractivity contribution in [2.45, 2.75) is 20.3 Å². The Balaban J connectivity index is 2.64. The number of halogens is 1. The first-order valence-electron chi connectivity index (χ1n) is 6.32. The molecule has 0 saturated carbocycles. The number of nitro groups is 1. The monoisotopic (exact) mass is 300 g/mol. The summed E-state index contributed by atoms with van der Waals surface area (Å²) in [5.41, 5.74) is -0.162. The van der Waals surface area contributed by atoms with Gasteiger partial charge >= 0.3 is 5.69 Å². The Morgan fingerprint density at radius 3 is 2.65 bits per heavy atom. The van der Waals surface area contributed by atoms with Gasteiger partial charge in [-0.05, 0) is 19.9 Å². The van der Waals surface area contributed by atoms with Crippen molar-refractivity contribution in [1.82, 2.24) is 9.88 Å². The van der Waals surface area contributed by atoms with Gasteiger partial charge in [-0.25, -0.2) is 4.98 Å². The average Bonchev–Trinajstić information content (AvgIpc) is 2.39. The van der Waals surface area contributed by atoms with Crippen LogP contribution in [0.1, 0.15) is 20.3 Å². The molecule has 0 spiro atoms. The fraction of sp³-hybridized carbons (Fsp3) is 0.500. The Bertz CT molecular complexity index is 492. The summed E-state index contributed by atoms with van der Waals surface area (Å²) in [6.45, 7) is 5.36. The van der Waals surface area contributed by atoms with E-state index in [1.165, 1.54) is 12.1 Å². The molecule has 1 aromatic heterocycles. The van der Waals surface area contributed by atoms with Crippen molar-refractivity contribution < 1.29 is 9.72 Å². The molecule has 7 nitrogen and oxygen atoms in total. The largest absolute Gasteiger partial charge is 0.364 e. The highest BCUT2D eigenvalue weighted by Gasteiger charge is 2.16. The van der Waals surface area contributed by atoms with Crippen molar-refractivity contribution in [3.05, 3.63) is 27.4 Å². The number of aromatic nitrogens is 1. The van der Waals surface area contributed by atoms with Crippen LogP contribution < -0.4 is 5.32 Å². The molecule has 1 rings (SSSR count). The molecule has 1 aromatic rings. The van der Waals surface area contributed by atoms with Crippen LogP contribution in [0.15, 0.2) is 12.1 Å². The number of rotatable bonds is 7. The van der Waals surface area contributed by atoms with E-state index in [-0.39, 0.29) is 35.5 Å². The minimum Gasteiger partial charge on any atom is -0.364 e. The quantitative estimate of drug-likeness (QED) is 0.474. The molecular weight excluding hydrogens is 284 g/mol. The second-order valence-electron chi connectivity index (χ2n) is 4.00. The Hall–Kier alpha value is -1.89. The van der Waals surface area contributed by atoms with Gasteiger partial charge in [-0.15, -0.1) is 0 Å². The first-order valence-corrected chi connectivity index (χ1v) is 6.70. The smallest absolute Gasteiger partial charge is 0.311 e. The van der Waals surface area contributed by atoms with Gasteiger partial charge in [0.25, 0.3) is 0 Å². The summed E-state index contributed by atoms with van der Waals surface area (Å²) in [6.07, 6.45) is 0.243. The van der Waals surface area contributed by atoms with Crippen LogP contribution in [0, 0.1) is 10.1 Å². The zero-order chi connectivity index (χ0) is 15.1. The van der Waals surface area contributed by atoms with Gasteiger partial charge in [-0.2, -0.15) is 0 Å². The standard InChI is InChI=1S/C12H17ClN4O3/c1-3-16(4-2)11(18)7-8-14-12-9(17(19)20)5-6-10(13)15-12/h5-6H,3-4,7-8H2,1-2H3,(H,14,15). The summed E-state index contributed by atoms with van der Waals surface area (Å²) in [5.74, 6) is 0.0713. The first-order chi connectivity index (χ1) is 9.49. The highest BCUT2D eigenvalue weighted by Crippen LogP contribution is 2.23. The fourth-order valence-electron chi connectivity index (χ4n) is 1.73. The third-order valence-electron chi connectivity index (χ3n) is 2.78. The lowest BCUT2D eigenvalue weighted by molar-refractivity contribution is -0.384. The van der Waals surface area contributed by atoms with Crippen molar-refractivity contribution in [1.29, 1.82) is 0 Å². The minimum absolute atomic E-state index is 0.00724. The summed E-state index contributed by atoms with van der Waals surface area (Å²) in [5, 5.41) is 13.8. The Labute approximate surface area is 122 Å². The third kappa shape index (κ3) is 4.34. The lowest BCUT2D eigenvalue weighted by Crippen LogP contribution is -2.31. The minimum atomic E-state index is -0.544. The predicted molar refractivity (Wildman–Crippen MR) is 76.9 cm³/mol. The molecule has 1 N–H and O–H groups in total. The number of nitrogens with one attached hydrogen (secondary N) is 1. The summed E-state index contributed by atoms with van der Waals surface area (Å²) in [4.78, 5) is 27.6. The zero-order valence-electron chi connectivity index (χ0n) is 11.4. The molecule has 20 heavy (non-hydrogen) atoms. The molecule has 0 unspecified atom stereocenters. The van der Waals surface area contributed by atoms with Crippen LogP contribution in [0.5, 0.6) is 0 Å². The molecule has 0 atom stereocenters. The van der Waals surface area contributed by atoms with E-state index in [2.05, 4.69) is 10.3 Å². The number of pyridine rings is 1. The lowest BCUT2D eigenvalue weighted by Gasteiger charge is -2.18. The topological polar surface area (TPSA) is 88.4 Å². The van der Waals surface area contributed by atoms with Gasteiger partial charge in [0.2, 0.25) is 11.7 Å². The molecule has 1 amide bonds. The maximum Gasteiger partial charge on any atom is 0.311 e. The summed E-state index contributed by atoms with van der Waals surface area (Å²) in [7, 11) is 0. The van der Waals surface area contributed by atoms with E-state index in [1.54, 1.807) is 4.90 Å². The fourth-order valence-corrected chi connectivity index (χ4v) is 1.88. The Kier molecular flexibility index (Phi) is 6.17. The lowest BCUT2D eigenvalue weighted by atomic mass is 10.3. The van der Waals surface area contributed by atoms with Crippen molar-refractivity contribution in [2.24, 2.45) is 0 Å². The molecule has 0 aliphatic rings. The number of nitrogens with zero attached hydrogens (tertiary/aromatic N) is 3. The summed E-state index contributed by atoms with van der Waals surface area (Å²) >= 11 is 5.71. The van der Waals surface area contributed by atoms with E-state index >= 15 is 0 Å². The van der Waals surface area contributed by atoms with Crippen molar-refractivity contribution >= 4 is 29.0 Å². The molecule has 0 radical (unpaired) electrons. The number of anilines is 1. The van der Waals surface area contributed by atoms with Gasteiger partial charge in [0.05, 0.1) is 4.92 Å². The Morgan fingerprint density at radius 2 is 2.10 bits per heavy atom. The van der Waals surface area contributed by atoms with Gasteiger partial charge in [0.15, 0.2) is 0 Å². The highest BCUT2D eigenvalue weighted by molar-refractivity contribution is 6.29. The van der Waals surface area contributed by atoms with Gasteiger partial charge in [-0.1, -0.05) is 11.6 Å². The van der Waals surface area contributed by atoms with E-state index in [0.29, 0.717) is 13.1 Å². The summed E-state index contributed by atoms with van der Waals surface area (Å²) in [6, 6.07) is 2.63. The van der Waals surface area contributed by atoms with Crippen LogP contribution >= 0.6 is 11.6 Å². The van der Waals surface area contributed by atoms with Crippen molar-refractivity contribution in [2.75, 3.05) is 25.0 Å². The SMILES string of the molecule is CCN(CC)C(=O)CCNc1nc(Cl)ccc1[N+](=O)[O-]. The van der Waals surface area contributed by atoms with Crippen LogP contribution in [0.3, 0.4) is 0 Å². The molecule has 8 heteroatoms. The van der Waals surface area contributed by atoms with Crippen molar-refractivity contribution in [3.63, 3.8) is 0 Å². The number of carbonyl (C=O) groups excluding carboxylic acids is 1. The van der Waals surface area contributed by atoms with Crippen molar-refractivity contribution in [3.8, 4) is 0 Å². The van der Waals surface area contributed by atoms with Crippen LogP contribution in [-0.4, -0.2) is 40.3 Å². The molecule has 0 aromatic carbocycles. The van der Waals surface area contributed by atoms with Gasteiger partial charge in [-0.3, -0.25) is 14.9 Å². The van der Waals surface area contributed by atoms with Gasteiger partial charge in [0.1, 0.15) is 5.15 Å². The molecule has 0 saturated heterocycles. The molecule has 0 bridgehead atoms. The maximum absolute atomic E-state index is 11.8. The van der Waals surface area contributed by atoms with Gasteiger partial charge in [0, 0.05) is 32.1 Å². The number of hydrogen-bond donors (Lipinski definition) is 1. The molecule has 1 heterocycles. The van der Waals surface area contributed by atoms with Gasteiger partial charge < -0.3 is 10.2 Å². The maximum atomic E-state index is 11.8. The first kappa shape index (κ1) is 16.2. The van der Waals surface area contributed by atoms with E-state index in [4.69, 9.17) is 11.6 Å². The predicted octanol–water partition coefficient (Wildman–Crippen LogP) is 2.31.